The van der Waals surface area contributed by atoms with Crippen molar-refractivity contribution < 1.29 is 23.5 Å². The summed E-state index contributed by atoms with van der Waals surface area (Å²) >= 11 is 12.3. The molecule has 0 spiro atoms. The smallest absolute Gasteiger partial charge is 0.352 e. The van der Waals surface area contributed by atoms with Gasteiger partial charge in [0.1, 0.15) is 22.7 Å². The van der Waals surface area contributed by atoms with Gasteiger partial charge >= 0.3 is 5.97 Å². The summed E-state index contributed by atoms with van der Waals surface area (Å²) in [5, 5.41) is 23.3. The Bertz CT molecular complexity index is 1580. The third kappa shape index (κ3) is 5.51. The van der Waals surface area contributed by atoms with Gasteiger partial charge in [-0.2, -0.15) is 5.26 Å². The van der Waals surface area contributed by atoms with Crippen LogP contribution in [-0.4, -0.2) is 45.6 Å². The average Bonchev–Trinajstić information content (AvgIpc) is 3.42. The van der Waals surface area contributed by atoms with Crippen molar-refractivity contribution in [1.82, 2.24) is 9.47 Å². The van der Waals surface area contributed by atoms with E-state index in [0.717, 1.165) is 6.07 Å². The Morgan fingerprint density at radius 1 is 1.17 bits per heavy atom. The number of likely N-dealkylation sites (tertiary alicyclic amines) is 1. The lowest BCUT2D eigenvalue weighted by molar-refractivity contribution is -0.120. The number of aromatic nitrogens is 1. The van der Waals surface area contributed by atoms with Gasteiger partial charge in [0.25, 0.3) is 0 Å². The van der Waals surface area contributed by atoms with E-state index < -0.39 is 46.9 Å². The summed E-state index contributed by atoms with van der Waals surface area (Å²) in [6.45, 7) is 8.00. The van der Waals surface area contributed by atoms with Crippen molar-refractivity contribution in [3.63, 3.8) is 0 Å². The maximum atomic E-state index is 15.9. The third-order valence-corrected chi connectivity index (χ3v) is 8.47. The van der Waals surface area contributed by atoms with Crippen molar-refractivity contribution >= 4 is 40.8 Å². The topological polar surface area (TPSA) is 98.4 Å². The molecule has 4 rings (SSSR count). The summed E-state index contributed by atoms with van der Waals surface area (Å²) in [7, 11) is 1.66. The highest BCUT2D eigenvalue weighted by molar-refractivity contribution is 6.31. The quantitative estimate of drug-likeness (QED) is 0.295. The van der Waals surface area contributed by atoms with Crippen molar-refractivity contribution in [2.75, 3.05) is 12.4 Å². The second-order valence-corrected chi connectivity index (χ2v) is 12.7. The summed E-state index contributed by atoms with van der Waals surface area (Å²) < 4.78 is 33.2. The van der Waals surface area contributed by atoms with Crippen LogP contribution in [0.2, 0.25) is 10.0 Å². The molecule has 1 aliphatic heterocycles. The molecule has 0 unspecified atom stereocenters. The van der Waals surface area contributed by atoms with Gasteiger partial charge in [0, 0.05) is 35.3 Å². The van der Waals surface area contributed by atoms with Crippen LogP contribution in [0.25, 0.3) is 0 Å². The highest BCUT2D eigenvalue weighted by atomic mass is 35.5. The minimum atomic E-state index is -1.76. The second kappa shape index (κ2) is 11.7. The summed E-state index contributed by atoms with van der Waals surface area (Å²) in [4.78, 5) is 27.6. The van der Waals surface area contributed by atoms with E-state index in [2.05, 4.69) is 11.4 Å². The summed E-state index contributed by atoms with van der Waals surface area (Å²) in [6, 6.07) is 10.1. The SMILES string of the molecule is CCn1cc(NC(=O)[C@H]2[C@H](c3cccc(Cl)c3F)[C@@](C#N)(c3ccc(Cl)cc3F)[C@H](CC(C)(C)C)N2C)cc1C(=O)O. The van der Waals surface area contributed by atoms with E-state index in [4.69, 9.17) is 23.2 Å². The van der Waals surface area contributed by atoms with Gasteiger partial charge in [0.2, 0.25) is 5.91 Å². The van der Waals surface area contributed by atoms with E-state index in [9.17, 15) is 20.0 Å². The van der Waals surface area contributed by atoms with Crippen LogP contribution in [0.4, 0.5) is 14.5 Å². The van der Waals surface area contributed by atoms with Crippen LogP contribution in [-0.2, 0) is 16.8 Å². The zero-order valence-electron chi connectivity index (χ0n) is 23.9. The fourth-order valence-electron chi connectivity index (χ4n) is 6.22. The Balaban J connectivity index is 1.99. The van der Waals surface area contributed by atoms with Crippen molar-refractivity contribution in [2.45, 2.75) is 64.1 Å². The van der Waals surface area contributed by atoms with E-state index >= 15 is 8.78 Å². The molecular weight excluding hydrogens is 585 g/mol. The van der Waals surface area contributed by atoms with Crippen LogP contribution < -0.4 is 5.32 Å². The molecule has 0 saturated carbocycles. The number of carbonyl (C=O) groups excluding carboxylic acids is 1. The Labute approximate surface area is 253 Å². The first-order chi connectivity index (χ1) is 19.7. The first-order valence-electron chi connectivity index (χ1n) is 13.4. The van der Waals surface area contributed by atoms with Gasteiger partial charge < -0.3 is 15.0 Å². The molecule has 222 valence electrons. The number of amides is 1. The lowest BCUT2D eigenvalue weighted by atomic mass is 9.62. The third-order valence-electron chi connectivity index (χ3n) is 7.94. The molecule has 42 heavy (non-hydrogen) atoms. The Morgan fingerprint density at radius 3 is 2.40 bits per heavy atom. The molecular formula is C31H32Cl2F2N4O3. The number of carbonyl (C=O) groups is 2. The highest BCUT2D eigenvalue weighted by Gasteiger charge is 2.63. The minimum absolute atomic E-state index is 0.0134. The Morgan fingerprint density at radius 2 is 1.86 bits per heavy atom. The molecule has 0 radical (unpaired) electrons. The number of anilines is 1. The van der Waals surface area contributed by atoms with Gasteiger partial charge in [0.05, 0.1) is 22.8 Å². The molecule has 2 N–H and O–H groups in total. The van der Waals surface area contributed by atoms with Crippen LogP contribution in [0, 0.1) is 28.4 Å². The van der Waals surface area contributed by atoms with Crippen LogP contribution in [0.3, 0.4) is 0 Å². The molecule has 7 nitrogen and oxygen atoms in total. The van der Waals surface area contributed by atoms with E-state index in [1.807, 2.05) is 20.8 Å². The lowest BCUT2D eigenvalue weighted by Gasteiger charge is -2.38. The van der Waals surface area contributed by atoms with Crippen molar-refractivity contribution in [3.05, 3.63) is 87.2 Å². The van der Waals surface area contributed by atoms with Crippen molar-refractivity contribution in [3.8, 4) is 6.07 Å². The standard InChI is InChI=1S/C31H32Cl2F2N4O3/c1-6-39-15-18(13-23(39)29(41)42)37-28(40)27-25(19-8-7-9-21(33)26(19)35)31(16-36,20-11-10-17(32)12-22(20)34)24(38(27)5)14-30(2,3)4/h7-13,15,24-25,27H,6,14H2,1-5H3,(H,37,40)(H,41,42)/t24-,25-,27+,31-/m0/s1. The lowest BCUT2D eigenvalue weighted by Crippen LogP contribution is -2.45. The summed E-state index contributed by atoms with van der Waals surface area (Å²) in [5.74, 6) is -4.57. The maximum Gasteiger partial charge on any atom is 0.352 e. The monoisotopic (exact) mass is 616 g/mol. The van der Waals surface area contributed by atoms with E-state index in [-0.39, 0.29) is 38.0 Å². The number of hydrogen-bond acceptors (Lipinski definition) is 4. The number of carboxylic acid groups (broad SMARTS) is 1. The summed E-state index contributed by atoms with van der Waals surface area (Å²) in [5.41, 5.74) is -1.98. The molecule has 2 aromatic carbocycles. The average molecular weight is 618 g/mol. The van der Waals surface area contributed by atoms with Gasteiger partial charge in [-0.1, -0.05) is 62.2 Å². The number of nitrogens with zero attached hydrogens (tertiary/aromatic N) is 3. The number of rotatable bonds is 7. The number of nitrogens with one attached hydrogen (secondary N) is 1. The van der Waals surface area contributed by atoms with E-state index in [0.29, 0.717) is 13.0 Å². The highest BCUT2D eigenvalue weighted by Crippen LogP contribution is 2.56. The maximum absolute atomic E-state index is 15.9. The largest absolute Gasteiger partial charge is 0.477 e. The molecule has 0 bridgehead atoms. The van der Waals surface area contributed by atoms with E-state index in [1.54, 1.807) is 18.9 Å². The Kier molecular flexibility index (Phi) is 8.75. The van der Waals surface area contributed by atoms with Crippen LogP contribution >= 0.6 is 23.2 Å². The van der Waals surface area contributed by atoms with Gasteiger partial charge in [-0.25, -0.2) is 13.6 Å². The Hall–Kier alpha value is -3.45. The molecule has 4 atom stereocenters. The molecule has 1 aromatic heterocycles. The van der Waals surface area contributed by atoms with Gasteiger partial charge in [0.15, 0.2) is 0 Å². The molecule has 1 aliphatic rings. The number of aryl methyl sites for hydroxylation is 1. The van der Waals surface area contributed by atoms with Crippen LogP contribution in [0.5, 0.6) is 0 Å². The first-order valence-corrected chi connectivity index (χ1v) is 14.2. The predicted molar refractivity (Wildman–Crippen MR) is 158 cm³/mol. The predicted octanol–water partition coefficient (Wildman–Crippen LogP) is 7.09. The number of aromatic carboxylic acids is 1. The summed E-state index contributed by atoms with van der Waals surface area (Å²) in [6.07, 6.45) is 1.84. The molecule has 3 aromatic rings. The first kappa shape index (κ1) is 31.5. The zero-order chi connectivity index (χ0) is 31.1. The van der Waals surface area contributed by atoms with Gasteiger partial charge in [-0.3, -0.25) is 9.69 Å². The van der Waals surface area contributed by atoms with Crippen LogP contribution in [0.1, 0.15) is 61.6 Å². The van der Waals surface area contributed by atoms with Crippen molar-refractivity contribution in [2.24, 2.45) is 5.41 Å². The number of benzene rings is 2. The fourth-order valence-corrected chi connectivity index (χ4v) is 6.56. The minimum Gasteiger partial charge on any atom is -0.477 e. The molecule has 1 fully saturated rings. The second-order valence-electron chi connectivity index (χ2n) is 11.8. The number of hydrogen-bond donors (Lipinski definition) is 2. The fraction of sp³-hybridized carbons (Fsp3) is 0.387. The molecule has 2 heterocycles. The van der Waals surface area contributed by atoms with Gasteiger partial charge in [-0.05, 0) is 55.6 Å². The van der Waals surface area contributed by atoms with E-state index in [1.165, 1.54) is 47.2 Å². The number of likely N-dealkylation sites (N-methyl/N-ethyl adjacent to an activating group) is 1. The molecule has 11 heteroatoms. The van der Waals surface area contributed by atoms with Crippen molar-refractivity contribution in [1.29, 1.82) is 5.26 Å². The molecule has 1 amide bonds. The number of carboxylic acids is 1. The molecule has 1 saturated heterocycles. The normalized spacial score (nSPS) is 22.6. The zero-order valence-corrected chi connectivity index (χ0v) is 25.4. The number of nitriles is 1. The van der Waals surface area contributed by atoms with Gasteiger partial charge in [-0.15, -0.1) is 0 Å². The molecule has 0 aliphatic carbocycles. The van der Waals surface area contributed by atoms with Crippen LogP contribution in [0.15, 0.2) is 48.7 Å². The number of halogens is 4.